The molecule has 0 fully saturated rings. The summed E-state index contributed by atoms with van der Waals surface area (Å²) in [5.41, 5.74) is 7.70. The van der Waals surface area contributed by atoms with Gasteiger partial charge in [0.2, 0.25) is 0 Å². The number of nitrogens with two attached hydrogens (primary N) is 1. The van der Waals surface area contributed by atoms with Crippen molar-refractivity contribution < 1.29 is 0 Å². The molecule has 0 saturated carbocycles. The Balaban J connectivity index is 1.90. The molecule has 1 atom stereocenters. The van der Waals surface area contributed by atoms with Crippen molar-refractivity contribution in [3.8, 4) is 0 Å². The van der Waals surface area contributed by atoms with Crippen LogP contribution in [0.2, 0.25) is 0 Å². The van der Waals surface area contributed by atoms with Crippen molar-refractivity contribution >= 4 is 18.5 Å². The smallest absolute Gasteiger partial charge is 0.0340 e. The Morgan fingerprint density at radius 1 is 0.636 bits per heavy atom. The molecule has 0 heterocycles. The molecule has 0 aromatic heterocycles. The molecule has 110 valence electrons. The molecule has 0 aliphatic heterocycles. The van der Waals surface area contributed by atoms with E-state index in [0.29, 0.717) is 0 Å². The van der Waals surface area contributed by atoms with Crippen molar-refractivity contribution in [3.63, 3.8) is 0 Å². The molecule has 3 aromatic carbocycles. The zero-order chi connectivity index (χ0) is 15.2. The highest BCUT2D eigenvalue weighted by Gasteiger charge is 2.18. The maximum absolute atomic E-state index is 6.49. The molecule has 0 spiro atoms. The summed E-state index contributed by atoms with van der Waals surface area (Å²) in [5.74, 6) is 0. The summed E-state index contributed by atoms with van der Waals surface area (Å²) in [7, 11) is -0.439. The molecule has 1 nitrogen and oxygen atoms in total. The Bertz CT molecular complexity index is 643. The normalized spacial score (nSPS) is 12.3. The summed E-state index contributed by atoms with van der Waals surface area (Å²) < 4.78 is 0. The molecule has 0 aliphatic rings. The Hall–Kier alpha value is -1.95. The number of hydrogen-bond donors (Lipinski definition) is 1. The van der Waals surface area contributed by atoms with Crippen LogP contribution >= 0.6 is 7.92 Å². The van der Waals surface area contributed by atoms with Gasteiger partial charge in [0.25, 0.3) is 0 Å². The van der Waals surface area contributed by atoms with E-state index < -0.39 is 7.92 Å². The van der Waals surface area contributed by atoms with Gasteiger partial charge in [0.1, 0.15) is 0 Å². The largest absolute Gasteiger partial charge is 0.324 e. The van der Waals surface area contributed by atoms with Crippen LogP contribution in [0.3, 0.4) is 0 Å². The first-order chi connectivity index (χ1) is 10.8. The maximum Gasteiger partial charge on any atom is 0.0340 e. The van der Waals surface area contributed by atoms with Crippen LogP contribution in [0.15, 0.2) is 91.0 Å². The Labute approximate surface area is 133 Å². The van der Waals surface area contributed by atoms with Crippen LogP contribution in [0.1, 0.15) is 11.6 Å². The van der Waals surface area contributed by atoms with E-state index in [1.807, 2.05) is 6.07 Å². The third-order valence-electron chi connectivity index (χ3n) is 3.74. The van der Waals surface area contributed by atoms with E-state index >= 15 is 0 Å². The van der Waals surface area contributed by atoms with Gasteiger partial charge >= 0.3 is 0 Å². The van der Waals surface area contributed by atoms with E-state index in [9.17, 15) is 0 Å². The zero-order valence-electron chi connectivity index (χ0n) is 12.5. The lowest BCUT2D eigenvalue weighted by Crippen LogP contribution is -2.22. The average Bonchev–Trinajstić information content (AvgIpc) is 2.62. The van der Waals surface area contributed by atoms with Gasteiger partial charge in [0, 0.05) is 6.04 Å². The third kappa shape index (κ3) is 3.62. The van der Waals surface area contributed by atoms with Crippen molar-refractivity contribution in [3.05, 3.63) is 96.6 Å². The quantitative estimate of drug-likeness (QED) is 0.713. The van der Waals surface area contributed by atoms with E-state index in [0.717, 1.165) is 6.16 Å². The third-order valence-corrected chi connectivity index (χ3v) is 6.34. The summed E-state index contributed by atoms with van der Waals surface area (Å²) in [6.07, 6.45) is 0.966. The van der Waals surface area contributed by atoms with E-state index in [2.05, 4.69) is 84.9 Å². The van der Waals surface area contributed by atoms with Gasteiger partial charge in [-0.05, 0) is 30.3 Å². The SMILES string of the molecule is NC(CP(c1ccccc1)c1ccccc1)c1ccccc1. The average molecular weight is 305 g/mol. The fraction of sp³-hybridized carbons (Fsp3) is 0.100. The van der Waals surface area contributed by atoms with Crippen molar-refractivity contribution in [2.45, 2.75) is 6.04 Å². The zero-order valence-corrected chi connectivity index (χ0v) is 13.4. The molecule has 0 saturated heterocycles. The minimum Gasteiger partial charge on any atom is -0.324 e. The summed E-state index contributed by atoms with van der Waals surface area (Å²) in [5, 5.41) is 2.77. The first-order valence-corrected chi connectivity index (χ1v) is 9.05. The summed E-state index contributed by atoms with van der Waals surface area (Å²) in [6.45, 7) is 0. The highest BCUT2D eigenvalue weighted by Crippen LogP contribution is 2.37. The summed E-state index contributed by atoms with van der Waals surface area (Å²) in [6, 6.07) is 31.9. The van der Waals surface area contributed by atoms with Crippen molar-refractivity contribution in [2.75, 3.05) is 6.16 Å². The van der Waals surface area contributed by atoms with Crippen LogP contribution < -0.4 is 16.3 Å². The molecular weight excluding hydrogens is 285 g/mol. The second-order valence-corrected chi connectivity index (χ2v) is 7.55. The molecule has 0 radical (unpaired) electrons. The molecule has 22 heavy (non-hydrogen) atoms. The van der Waals surface area contributed by atoms with Gasteiger partial charge in [-0.2, -0.15) is 0 Å². The van der Waals surface area contributed by atoms with Gasteiger partial charge in [-0.3, -0.25) is 0 Å². The first kappa shape index (κ1) is 15.0. The lowest BCUT2D eigenvalue weighted by atomic mass is 10.1. The molecule has 2 heteroatoms. The molecule has 3 rings (SSSR count). The van der Waals surface area contributed by atoms with Crippen LogP contribution in [0.25, 0.3) is 0 Å². The van der Waals surface area contributed by atoms with Crippen molar-refractivity contribution in [1.29, 1.82) is 0 Å². The molecule has 0 aliphatic carbocycles. The van der Waals surface area contributed by atoms with Crippen LogP contribution in [0.4, 0.5) is 0 Å². The van der Waals surface area contributed by atoms with E-state index in [1.165, 1.54) is 16.2 Å². The highest BCUT2D eigenvalue weighted by atomic mass is 31.1. The number of benzene rings is 3. The first-order valence-electron chi connectivity index (χ1n) is 7.53. The molecule has 2 N–H and O–H groups in total. The topological polar surface area (TPSA) is 26.0 Å². The lowest BCUT2D eigenvalue weighted by Gasteiger charge is -2.23. The second kappa shape index (κ2) is 7.35. The minimum atomic E-state index is -0.439. The Morgan fingerprint density at radius 2 is 1.05 bits per heavy atom. The highest BCUT2D eigenvalue weighted by molar-refractivity contribution is 7.73. The standard InChI is InChI=1S/C20H20NP/c21-20(17-10-4-1-5-11-17)16-22(18-12-6-2-7-13-18)19-14-8-3-9-15-19/h1-15,20H,16,21H2. The van der Waals surface area contributed by atoms with Crippen LogP contribution in [-0.2, 0) is 0 Å². The van der Waals surface area contributed by atoms with Crippen LogP contribution in [-0.4, -0.2) is 6.16 Å². The number of rotatable bonds is 5. The van der Waals surface area contributed by atoms with Crippen molar-refractivity contribution in [2.24, 2.45) is 5.73 Å². The van der Waals surface area contributed by atoms with Gasteiger partial charge in [-0.15, -0.1) is 0 Å². The van der Waals surface area contributed by atoms with Crippen molar-refractivity contribution in [1.82, 2.24) is 0 Å². The molecule has 0 amide bonds. The molecule has 0 bridgehead atoms. The maximum atomic E-state index is 6.49. The summed E-state index contributed by atoms with van der Waals surface area (Å²) >= 11 is 0. The van der Waals surface area contributed by atoms with E-state index in [1.54, 1.807) is 0 Å². The van der Waals surface area contributed by atoms with Gasteiger partial charge < -0.3 is 5.73 Å². The van der Waals surface area contributed by atoms with E-state index in [4.69, 9.17) is 5.73 Å². The predicted octanol–water partition coefficient (Wildman–Crippen LogP) is 3.82. The summed E-state index contributed by atoms with van der Waals surface area (Å²) in [4.78, 5) is 0. The van der Waals surface area contributed by atoms with E-state index in [-0.39, 0.29) is 6.04 Å². The second-order valence-electron chi connectivity index (χ2n) is 5.30. The lowest BCUT2D eigenvalue weighted by molar-refractivity contribution is 0.828. The van der Waals surface area contributed by atoms with Crippen LogP contribution in [0.5, 0.6) is 0 Å². The molecular formula is C20H20NP. The van der Waals surface area contributed by atoms with Gasteiger partial charge in [0.15, 0.2) is 0 Å². The minimum absolute atomic E-state index is 0.0627. The van der Waals surface area contributed by atoms with Gasteiger partial charge in [0.05, 0.1) is 0 Å². The Kier molecular flexibility index (Phi) is 5.00. The Morgan fingerprint density at radius 3 is 1.50 bits per heavy atom. The fourth-order valence-corrected chi connectivity index (χ4v) is 4.97. The fourth-order valence-electron chi connectivity index (χ4n) is 2.58. The molecule has 1 unspecified atom stereocenters. The predicted molar refractivity (Wildman–Crippen MR) is 97.3 cm³/mol. The van der Waals surface area contributed by atoms with Gasteiger partial charge in [-0.25, -0.2) is 0 Å². The monoisotopic (exact) mass is 305 g/mol. The van der Waals surface area contributed by atoms with Gasteiger partial charge in [-0.1, -0.05) is 91.0 Å². The van der Waals surface area contributed by atoms with Crippen LogP contribution in [0, 0.1) is 0 Å². The number of hydrogen-bond acceptors (Lipinski definition) is 1. The molecule has 3 aromatic rings.